The molecular formula is C16H19N3O3. The highest BCUT2D eigenvalue weighted by Crippen LogP contribution is 2.26. The van der Waals surface area contributed by atoms with Gasteiger partial charge in [-0.05, 0) is 25.1 Å². The Labute approximate surface area is 128 Å². The fourth-order valence-electron chi connectivity index (χ4n) is 2.83. The second-order valence-corrected chi connectivity index (χ2v) is 5.35. The van der Waals surface area contributed by atoms with Crippen LogP contribution in [0.4, 0.5) is 0 Å². The molecule has 1 aromatic carbocycles. The number of nitrogens with zero attached hydrogens (tertiary/aromatic N) is 2. The third-order valence-corrected chi connectivity index (χ3v) is 4.00. The van der Waals surface area contributed by atoms with Gasteiger partial charge in [0.05, 0.1) is 24.8 Å². The van der Waals surface area contributed by atoms with E-state index in [0.29, 0.717) is 12.1 Å². The Hall–Kier alpha value is -2.18. The lowest BCUT2D eigenvalue weighted by molar-refractivity contribution is 0.0600. The lowest BCUT2D eigenvalue weighted by Crippen LogP contribution is -2.41. The number of nitrogens with one attached hydrogen (secondary N) is 1. The highest BCUT2D eigenvalue weighted by molar-refractivity contribution is 5.89. The number of benzene rings is 1. The van der Waals surface area contributed by atoms with E-state index >= 15 is 0 Å². The third-order valence-electron chi connectivity index (χ3n) is 4.00. The summed E-state index contributed by atoms with van der Waals surface area (Å²) in [6.45, 7) is 1.46. The molecule has 6 nitrogen and oxygen atoms in total. The highest BCUT2D eigenvalue weighted by Gasteiger charge is 2.26. The quantitative estimate of drug-likeness (QED) is 0.834. The normalized spacial score (nSPS) is 21.5. The van der Waals surface area contributed by atoms with Crippen molar-refractivity contribution in [3.05, 3.63) is 42.2 Å². The van der Waals surface area contributed by atoms with Gasteiger partial charge in [0.1, 0.15) is 5.82 Å². The van der Waals surface area contributed by atoms with Crippen LogP contribution in [0, 0.1) is 0 Å². The first-order chi connectivity index (χ1) is 10.7. The number of ether oxygens (including phenoxy) is 1. The average molecular weight is 301 g/mol. The maximum Gasteiger partial charge on any atom is 0.337 e. The number of piperidine rings is 1. The van der Waals surface area contributed by atoms with Crippen LogP contribution in [-0.4, -0.2) is 46.9 Å². The molecule has 0 radical (unpaired) electrons. The van der Waals surface area contributed by atoms with E-state index < -0.39 is 6.10 Å². The van der Waals surface area contributed by atoms with Crippen molar-refractivity contribution in [2.45, 2.75) is 18.6 Å². The van der Waals surface area contributed by atoms with Gasteiger partial charge in [-0.15, -0.1) is 0 Å². The predicted molar refractivity (Wildman–Crippen MR) is 81.5 cm³/mol. The van der Waals surface area contributed by atoms with E-state index in [-0.39, 0.29) is 12.0 Å². The molecule has 22 heavy (non-hydrogen) atoms. The van der Waals surface area contributed by atoms with Gasteiger partial charge < -0.3 is 19.7 Å². The monoisotopic (exact) mass is 301 g/mol. The number of methoxy groups -OCH3 is 1. The van der Waals surface area contributed by atoms with E-state index in [1.165, 1.54) is 7.11 Å². The molecule has 0 bridgehead atoms. The number of hydrogen-bond acceptors (Lipinski definition) is 5. The number of imidazole rings is 1. The van der Waals surface area contributed by atoms with Crippen LogP contribution < -0.4 is 5.32 Å². The van der Waals surface area contributed by atoms with Crippen LogP contribution in [0.25, 0.3) is 11.4 Å². The SMILES string of the molecule is COC(=O)c1ccc(-c2nccn2[C@H]2CCNC[C@@H]2O)cc1. The van der Waals surface area contributed by atoms with Gasteiger partial charge in [0.25, 0.3) is 0 Å². The molecule has 1 aliphatic heterocycles. The average Bonchev–Trinajstić information content (AvgIpc) is 3.04. The van der Waals surface area contributed by atoms with E-state index in [0.717, 1.165) is 24.4 Å². The lowest BCUT2D eigenvalue weighted by atomic mass is 10.0. The number of aromatic nitrogens is 2. The van der Waals surface area contributed by atoms with Crippen LogP contribution in [0.1, 0.15) is 22.8 Å². The fourth-order valence-corrected chi connectivity index (χ4v) is 2.83. The number of rotatable bonds is 3. The minimum absolute atomic E-state index is 0.0130. The Bertz CT molecular complexity index is 651. The minimum atomic E-state index is -0.434. The first-order valence-corrected chi connectivity index (χ1v) is 7.31. The predicted octanol–water partition coefficient (Wildman–Crippen LogP) is 1.23. The van der Waals surface area contributed by atoms with Crippen LogP contribution in [0.3, 0.4) is 0 Å². The number of β-amino-alcohol motifs (C(OH)–C–C–N with tert-alkyl or cyclic N) is 1. The summed E-state index contributed by atoms with van der Waals surface area (Å²) in [6, 6.07) is 7.15. The van der Waals surface area contributed by atoms with Gasteiger partial charge in [-0.3, -0.25) is 0 Å². The molecule has 2 N–H and O–H groups in total. The molecule has 2 atom stereocenters. The number of aliphatic hydroxyl groups is 1. The minimum Gasteiger partial charge on any atom is -0.465 e. The molecule has 0 aliphatic carbocycles. The molecule has 2 heterocycles. The van der Waals surface area contributed by atoms with E-state index in [1.54, 1.807) is 18.3 Å². The second-order valence-electron chi connectivity index (χ2n) is 5.35. The molecule has 0 amide bonds. The van der Waals surface area contributed by atoms with E-state index in [2.05, 4.69) is 10.3 Å². The smallest absolute Gasteiger partial charge is 0.337 e. The number of carbonyl (C=O) groups is 1. The van der Waals surface area contributed by atoms with Gasteiger partial charge in [0.2, 0.25) is 0 Å². The van der Waals surface area contributed by atoms with Crippen LogP contribution >= 0.6 is 0 Å². The van der Waals surface area contributed by atoms with Crippen molar-refractivity contribution in [2.24, 2.45) is 0 Å². The van der Waals surface area contributed by atoms with Gasteiger partial charge in [-0.2, -0.15) is 0 Å². The molecule has 0 spiro atoms. The molecule has 1 aliphatic rings. The summed E-state index contributed by atoms with van der Waals surface area (Å²) in [4.78, 5) is 15.9. The summed E-state index contributed by atoms with van der Waals surface area (Å²) in [5, 5.41) is 13.4. The summed E-state index contributed by atoms with van der Waals surface area (Å²) < 4.78 is 6.71. The van der Waals surface area contributed by atoms with Crippen molar-refractivity contribution < 1.29 is 14.6 Å². The molecule has 1 aromatic heterocycles. The number of hydrogen-bond donors (Lipinski definition) is 2. The van der Waals surface area contributed by atoms with Gasteiger partial charge in [0.15, 0.2) is 0 Å². The largest absolute Gasteiger partial charge is 0.465 e. The maximum atomic E-state index is 11.5. The van der Waals surface area contributed by atoms with Crippen LogP contribution in [0.2, 0.25) is 0 Å². The molecule has 3 rings (SSSR count). The molecule has 116 valence electrons. The Morgan fingerprint density at radius 2 is 2.18 bits per heavy atom. The highest BCUT2D eigenvalue weighted by atomic mass is 16.5. The van der Waals surface area contributed by atoms with Gasteiger partial charge in [0, 0.05) is 24.5 Å². The van der Waals surface area contributed by atoms with E-state index in [4.69, 9.17) is 4.74 Å². The lowest BCUT2D eigenvalue weighted by Gasteiger charge is -2.30. The fraction of sp³-hybridized carbons (Fsp3) is 0.375. The van der Waals surface area contributed by atoms with Crippen LogP contribution in [-0.2, 0) is 4.74 Å². The van der Waals surface area contributed by atoms with E-state index in [1.807, 2.05) is 22.9 Å². The molecule has 1 fully saturated rings. The van der Waals surface area contributed by atoms with Gasteiger partial charge in [-0.25, -0.2) is 9.78 Å². The maximum absolute atomic E-state index is 11.5. The Morgan fingerprint density at radius 3 is 2.86 bits per heavy atom. The molecule has 2 aromatic rings. The Kier molecular flexibility index (Phi) is 4.22. The zero-order valence-electron chi connectivity index (χ0n) is 12.4. The Balaban J connectivity index is 1.89. The van der Waals surface area contributed by atoms with Gasteiger partial charge in [-0.1, -0.05) is 12.1 Å². The summed E-state index contributed by atoms with van der Waals surface area (Å²) in [5.41, 5.74) is 1.41. The first kappa shape index (κ1) is 14.7. The standard InChI is InChI=1S/C16H19N3O3/c1-22-16(21)12-4-2-11(3-5-12)15-18-8-9-19(15)13-6-7-17-10-14(13)20/h2-5,8-9,13-14,17,20H,6-7,10H2,1H3/t13-,14-/m0/s1. The first-order valence-electron chi connectivity index (χ1n) is 7.31. The topological polar surface area (TPSA) is 76.4 Å². The summed E-state index contributed by atoms with van der Waals surface area (Å²) >= 11 is 0. The molecule has 0 unspecified atom stereocenters. The number of carbonyl (C=O) groups excluding carboxylic acids is 1. The molecule has 1 saturated heterocycles. The van der Waals surface area contributed by atoms with Crippen molar-refractivity contribution in [1.82, 2.24) is 14.9 Å². The van der Waals surface area contributed by atoms with Gasteiger partial charge >= 0.3 is 5.97 Å². The van der Waals surface area contributed by atoms with Crippen LogP contribution in [0.15, 0.2) is 36.7 Å². The van der Waals surface area contributed by atoms with Crippen LogP contribution in [0.5, 0.6) is 0 Å². The summed E-state index contributed by atoms with van der Waals surface area (Å²) in [6.07, 6.45) is 4.04. The summed E-state index contributed by atoms with van der Waals surface area (Å²) in [7, 11) is 1.36. The third kappa shape index (κ3) is 2.75. The zero-order valence-corrected chi connectivity index (χ0v) is 12.4. The van der Waals surface area contributed by atoms with Crippen molar-refractivity contribution in [1.29, 1.82) is 0 Å². The zero-order chi connectivity index (χ0) is 15.5. The molecule has 0 saturated carbocycles. The molecular weight excluding hydrogens is 282 g/mol. The van der Waals surface area contributed by atoms with Crippen molar-refractivity contribution in [2.75, 3.05) is 20.2 Å². The molecule has 6 heteroatoms. The van der Waals surface area contributed by atoms with E-state index in [9.17, 15) is 9.90 Å². The second kappa shape index (κ2) is 6.29. The summed E-state index contributed by atoms with van der Waals surface area (Å²) in [5.74, 6) is 0.436. The number of esters is 1. The van der Waals surface area contributed by atoms with Crippen molar-refractivity contribution in [3.63, 3.8) is 0 Å². The van der Waals surface area contributed by atoms with Crippen molar-refractivity contribution >= 4 is 5.97 Å². The Morgan fingerprint density at radius 1 is 1.41 bits per heavy atom. The number of aliphatic hydroxyl groups excluding tert-OH is 1. The van der Waals surface area contributed by atoms with Crippen molar-refractivity contribution in [3.8, 4) is 11.4 Å².